The van der Waals surface area contributed by atoms with E-state index in [1.54, 1.807) is 11.3 Å². The molecule has 2 N–H and O–H groups in total. The smallest absolute Gasteiger partial charge is 0.261 e. The molecule has 0 bridgehead atoms. The highest BCUT2D eigenvalue weighted by atomic mass is 32.1. The third kappa shape index (κ3) is 4.67. The van der Waals surface area contributed by atoms with Crippen LogP contribution in [0.15, 0.2) is 6.07 Å². The van der Waals surface area contributed by atoms with E-state index in [9.17, 15) is 9.59 Å². The molecule has 0 unspecified atom stereocenters. The summed E-state index contributed by atoms with van der Waals surface area (Å²) in [7, 11) is 0. The predicted octanol–water partition coefficient (Wildman–Crippen LogP) is 2.85. The maximum atomic E-state index is 12.2. The SMILES string of the molecule is CCN(CC)c1nc2sc(C(=O)NCCC(=O)NC(C)C)cc2s1. The van der Waals surface area contributed by atoms with Gasteiger partial charge in [-0.25, -0.2) is 4.98 Å². The van der Waals surface area contributed by atoms with Gasteiger partial charge < -0.3 is 15.5 Å². The zero-order valence-electron chi connectivity index (χ0n) is 14.5. The van der Waals surface area contributed by atoms with Crippen LogP contribution in [0.3, 0.4) is 0 Å². The Morgan fingerprint density at radius 2 is 1.96 bits per heavy atom. The van der Waals surface area contributed by atoms with Crippen LogP contribution in [0.5, 0.6) is 0 Å². The van der Waals surface area contributed by atoms with Crippen LogP contribution in [-0.4, -0.2) is 42.5 Å². The quantitative estimate of drug-likeness (QED) is 0.751. The molecule has 0 fully saturated rings. The minimum absolute atomic E-state index is 0.0528. The average molecular weight is 369 g/mol. The molecule has 0 saturated carbocycles. The third-order valence-corrected chi connectivity index (χ3v) is 5.64. The second-order valence-corrected chi connectivity index (χ2v) is 7.72. The van der Waals surface area contributed by atoms with Crippen molar-refractivity contribution in [3.05, 3.63) is 10.9 Å². The lowest BCUT2D eigenvalue weighted by molar-refractivity contribution is -0.121. The number of hydrogen-bond acceptors (Lipinski definition) is 6. The maximum Gasteiger partial charge on any atom is 0.261 e. The lowest BCUT2D eigenvalue weighted by atomic mass is 10.3. The Kier molecular flexibility index (Phi) is 6.56. The van der Waals surface area contributed by atoms with Crippen molar-refractivity contribution in [2.45, 2.75) is 40.2 Å². The summed E-state index contributed by atoms with van der Waals surface area (Å²) in [5, 5.41) is 6.59. The highest BCUT2D eigenvalue weighted by Crippen LogP contribution is 2.34. The highest BCUT2D eigenvalue weighted by molar-refractivity contribution is 7.29. The molecule has 0 aliphatic heterocycles. The molecular formula is C16H24N4O2S2. The van der Waals surface area contributed by atoms with Gasteiger partial charge in [-0.2, -0.15) is 0 Å². The molecule has 2 aromatic rings. The molecule has 2 heterocycles. The number of rotatable bonds is 8. The van der Waals surface area contributed by atoms with Gasteiger partial charge in [0, 0.05) is 32.1 Å². The number of nitrogens with one attached hydrogen (secondary N) is 2. The van der Waals surface area contributed by atoms with Crippen molar-refractivity contribution in [3.8, 4) is 0 Å². The van der Waals surface area contributed by atoms with Gasteiger partial charge in [0.25, 0.3) is 5.91 Å². The highest BCUT2D eigenvalue weighted by Gasteiger charge is 2.16. The lowest BCUT2D eigenvalue weighted by Crippen LogP contribution is -2.33. The number of fused-ring (bicyclic) bond motifs is 1. The molecule has 0 aromatic carbocycles. The summed E-state index contributed by atoms with van der Waals surface area (Å²) in [6.45, 7) is 10.2. The number of carbonyl (C=O) groups excluding carboxylic acids is 2. The Morgan fingerprint density at radius 3 is 2.54 bits per heavy atom. The van der Waals surface area contributed by atoms with E-state index in [1.807, 2.05) is 19.9 Å². The fraction of sp³-hybridized carbons (Fsp3) is 0.562. The number of thiophene rings is 1. The van der Waals surface area contributed by atoms with Crippen LogP contribution < -0.4 is 15.5 Å². The van der Waals surface area contributed by atoms with Gasteiger partial charge in [-0.3, -0.25) is 9.59 Å². The van der Waals surface area contributed by atoms with E-state index >= 15 is 0 Å². The van der Waals surface area contributed by atoms with Crippen LogP contribution in [0.4, 0.5) is 5.13 Å². The second-order valence-electron chi connectivity index (χ2n) is 5.68. The number of thiazole rings is 1. The van der Waals surface area contributed by atoms with Gasteiger partial charge in [0.05, 0.1) is 9.58 Å². The van der Waals surface area contributed by atoms with E-state index in [1.165, 1.54) is 11.3 Å². The van der Waals surface area contributed by atoms with Gasteiger partial charge in [0.1, 0.15) is 4.83 Å². The molecule has 2 aromatic heterocycles. The first-order valence-corrected chi connectivity index (χ1v) is 9.80. The van der Waals surface area contributed by atoms with Crippen LogP contribution >= 0.6 is 22.7 Å². The minimum Gasteiger partial charge on any atom is -0.354 e. The Bertz CT molecular complexity index is 673. The van der Waals surface area contributed by atoms with Crippen LogP contribution in [0.2, 0.25) is 0 Å². The first kappa shape index (κ1) is 18.7. The topological polar surface area (TPSA) is 74.3 Å². The number of nitrogens with zero attached hydrogens (tertiary/aromatic N) is 2. The van der Waals surface area contributed by atoms with Crippen LogP contribution in [0, 0.1) is 0 Å². The fourth-order valence-corrected chi connectivity index (χ4v) is 4.49. The zero-order valence-corrected chi connectivity index (χ0v) is 16.1. The van der Waals surface area contributed by atoms with E-state index in [2.05, 4.69) is 34.4 Å². The van der Waals surface area contributed by atoms with Crippen molar-refractivity contribution in [3.63, 3.8) is 0 Å². The normalized spacial score (nSPS) is 11.0. The Balaban J connectivity index is 1.93. The molecule has 132 valence electrons. The van der Waals surface area contributed by atoms with Gasteiger partial charge in [-0.15, -0.1) is 11.3 Å². The van der Waals surface area contributed by atoms with Crippen molar-refractivity contribution < 1.29 is 9.59 Å². The molecule has 0 saturated heterocycles. The number of anilines is 1. The molecule has 2 rings (SSSR count). The van der Waals surface area contributed by atoms with Gasteiger partial charge >= 0.3 is 0 Å². The molecule has 0 atom stereocenters. The molecule has 0 aliphatic rings. The van der Waals surface area contributed by atoms with Crippen LogP contribution in [-0.2, 0) is 4.79 Å². The standard InChI is InChI=1S/C16H24N4O2S2/c1-5-20(6-2)16-19-15-12(24-16)9-11(23-15)14(22)17-8-7-13(21)18-10(3)4/h9-10H,5-8H2,1-4H3,(H,17,22)(H,18,21). The second kappa shape index (κ2) is 8.43. The number of aromatic nitrogens is 1. The molecule has 8 heteroatoms. The average Bonchev–Trinajstić information content (AvgIpc) is 3.06. The van der Waals surface area contributed by atoms with Crippen molar-refractivity contribution in [1.82, 2.24) is 15.6 Å². The summed E-state index contributed by atoms with van der Waals surface area (Å²) in [4.78, 5) is 32.1. The molecule has 24 heavy (non-hydrogen) atoms. The number of carbonyl (C=O) groups is 2. The van der Waals surface area contributed by atoms with Crippen molar-refractivity contribution in [2.75, 3.05) is 24.5 Å². The van der Waals surface area contributed by atoms with Gasteiger partial charge in [0.2, 0.25) is 5.91 Å². The number of amides is 2. The molecule has 0 radical (unpaired) electrons. The Hall–Kier alpha value is -1.67. The monoisotopic (exact) mass is 368 g/mol. The van der Waals surface area contributed by atoms with Gasteiger partial charge in [0.15, 0.2) is 5.13 Å². The summed E-state index contributed by atoms with van der Waals surface area (Å²) in [6, 6.07) is 2.00. The molecule has 0 spiro atoms. The maximum absolute atomic E-state index is 12.2. The van der Waals surface area contributed by atoms with Gasteiger partial charge in [-0.1, -0.05) is 11.3 Å². The van der Waals surface area contributed by atoms with E-state index < -0.39 is 0 Å². The summed E-state index contributed by atoms with van der Waals surface area (Å²) in [6.07, 6.45) is 0.286. The summed E-state index contributed by atoms with van der Waals surface area (Å²) >= 11 is 3.00. The number of hydrogen-bond donors (Lipinski definition) is 2. The summed E-state index contributed by atoms with van der Waals surface area (Å²) < 4.78 is 1.03. The fourth-order valence-electron chi connectivity index (χ4n) is 2.24. The molecule has 2 amide bonds. The van der Waals surface area contributed by atoms with Crippen LogP contribution in [0.25, 0.3) is 9.53 Å². The predicted molar refractivity (Wildman–Crippen MR) is 101 cm³/mol. The molecule has 6 nitrogen and oxygen atoms in total. The van der Waals surface area contributed by atoms with E-state index in [0.717, 1.165) is 27.8 Å². The van der Waals surface area contributed by atoms with Crippen LogP contribution in [0.1, 0.15) is 43.8 Å². The van der Waals surface area contributed by atoms with Gasteiger partial charge in [-0.05, 0) is 33.8 Å². The molecule has 0 aliphatic carbocycles. The first-order valence-electron chi connectivity index (χ1n) is 8.17. The minimum atomic E-state index is -0.146. The largest absolute Gasteiger partial charge is 0.354 e. The van der Waals surface area contributed by atoms with E-state index in [0.29, 0.717) is 11.4 Å². The first-order chi connectivity index (χ1) is 11.4. The third-order valence-electron chi connectivity index (χ3n) is 3.42. The lowest BCUT2D eigenvalue weighted by Gasteiger charge is -2.16. The van der Waals surface area contributed by atoms with Crippen molar-refractivity contribution >= 4 is 49.1 Å². The Morgan fingerprint density at radius 1 is 1.25 bits per heavy atom. The van der Waals surface area contributed by atoms with Crippen molar-refractivity contribution in [2.24, 2.45) is 0 Å². The van der Waals surface area contributed by atoms with Crippen molar-refractivity contribution in [1.29, 1.82) is 0 Å². The Labute approximate surface area is 150 Å². The summed E-state index contributed by atoms with van der Waals surface area (Å²) in [5.74, 6) is -0.199. The van der Waals surface area contributed by atoms with E-state index in [4.69, 9.17) is 0 Å². The zero-order chi connectivity index (χ0) is 17.7. The summed E-state index contributed by atoms with van der Waals surface area (Å²) in [5.41, 5.74) is 0. The van der Waals surface area contributed by atoms with E-state index in [-0.39, 0.29) is 24.3 Å². The molecular weight excluding hydrogens is 344 g/mol.